The average molecular weight is 471 g/mol. The molecule has 0 bridgehead atoms. The molecular weight excluding hydrogens is 436 g/mol. The van der Waals surface area contributed by atoms with Crippen LogP contribution in [0.4, 0.5) is 5.69 Å². The average Bonchev–Trinajstić information content (AvgIpc) is 2.83. The first-order valence-electron chi connectivity index (χ1n) is 11.4. The van der Waals surface area contributed by atoms with Crippen molar-refractivity contribution in [2.24, 2.45) is 0 Å². The summed E-state index contributed by atoms with van der Waals surface area (Å²) in [5.74, 6) is -0.262. The van der Waals surface area contributed by atoms with E-state index in [0.717, 1.165) is 45.6 Å². The van der Waals surface area contributed by atoms with Crippen LogP contribution >= 0.6 is 0 Å². The van der Waals surface area contributed by atoms with Gasteiger partial charge in [-0.3, -0.25) is 9.69 Å². The van der Waals surface area contributed by atoms with Gasteiger partial charge >= 0.3 is 0 Å². The van der Waals surface area contributed by atoms with Gasteiger partial charge in [-0.2, -0.15) is 0 Å². The van der Waals surface area contributed by atoms with Crippen LogP contribution in [0.1, 0.15) is 28.8 Å². The van der Waals surface area contributed by atoms with E-state index < -0.39 is 10.0 Å². The second-order valence-corrected chi connectivity index (χ2v) is 10.1. The number of carbonyl (C=O) groups excluding carboxylic acids is 1. The van der Waals surface area contributed by atoms with Crippen LogP contribution in [0.2, 0.25) is 0 Å². The van der Waals surface area contributed by atoms with Crippen LogP contribution in [0.5, 0.6) is 0 Å². The Kier molecular flexibility index (Phi) is 9.05. The van der Waals surface area contributed by atoms with Gasteiger partial charge in [0, 0.05) is 50.5 Å². The van der Waals surface area contributed by atoms with E-state index in [9.17, 15) is 13.2 Å². The van der Waals surface area contributed by atoms with Gasteiger partial charge in [-0.1, -0.05) is 24.3 Å². The molecule has 0 spiro atoms. The number of nitrogens with one attached hydrogen (secondary N) is 2. The molecule has 1 aliphatic rings. The maximum Gasteiger partial charge on any atom is 0.251 e. The molecule has 1 aliphatic heterocycles. The number of nitrogens with zero attached hydrogens (tertiary/aromatic N) is 2. The van der Waals surface area contributed by atoms with E-state index in [-0.39, 0.29) is 17.3 Å². The molecular formula is C25H34N4O3S. The van der Waals surface area contributed by atoms with Crippen molar-refractivity contribution < 1.29 is 13.2 Å². The topological polar surface area (TPSA) is 81.7 Å². The van der Waals surface area contributed by atoms with Gasteiger partial charge in [0.25, 0.3) is 5.91 Å². The number of benzene rings is 2. The highest BCUT2D eigenvalue weighted by Crippen LogP contribution is 2.18. The van der Waals surface area contributed by atoms with Gasteiger partial charge in [-0.05, 0) is 62.2 Å². The Morgan fingerprint density at radius 2 is 1.82 bits per heavy atom. The van der Waals surface area contributed by atoms with E-state index >= 15 is 0 Å². The number of amides is 1. The van der Waals surface area contributed by atoms with Crippen LogP contribution in [0.3, 0.4) is 0 Å². The molecule has 7 nitrogen and oxygen atoms in total. The second kappa shape index (κ2) is 12.0. The van der Waals surface area contributed by atoms with Gasteiger partial charge in [0.15, 0.2) is 0 Å². The number of carbonyl (C=O) groups is 1. The largest absolute Gasteiger partial charge is 0.369 e. The first-order chi connectivity index (χ1) is 15.9. The number of aryl methyl sites for hydroxylation is 1. The molecule has 1 heterocycles. The summed E-state index contributed by atoms with van der Waals surface area (Å²) in [5, 5.41) is 2.90. The minimum atomic E-state index is -3.65. The Bertz CT molecular complexity index is 1050. The van der Waals surface area contributed by atoms with Gasteiger partial charge in [0.1, 0.15) is 0 Å². The van der Waals surface area contributed by atoms with E-state index in [2.05, 4.69) is 57.6 Å². The van der Waals surface area contributed by atoms with Gasteiger partial charge in [-0.25, -0.2) is 13.1 Å². The van der Waals surface area contributed by atoms with Gasteiger partial charge in [0.05, 0.1) is 4.90 Å². The monoisotopic (exact) mass is 470 g/mol. The van der Waals surface area contributed by atoms with Crippen LogP contribution in [-0.2, 0) is 10.0 Å². The zero-order chi connectivity index (χ0) is 23.7. The molecule has 1 saturated heterocycles. The molecule has 0 aromatic heterocycles. The molecule has 8 heteroatoms. The number of piperazine rings is 1. The van der Waals surface area contributed by atoms with E-state index in [4.69, 9.17) is 0 Å². The Hall–Kier alpha value is -2.68. The Morgan fingerprint density at radius 3 is 2.55 bits per heavy atom. The molecule has 2 aromatic carbocycles. The Balaban J connectivity index is 1.36. The number of anilines is 1. The van der Waals surface area contributed by atoms with Crippen LogP contribution in [0.25, 0.3) is 0 Å². The van der Waals surface area contributed by atoms with E-state index in [1.807, 2.05) is 0 Å². The summed E-state index contributed by atoms with van der Waals surface area (Å²) in [4.78, 5) is 17.4. The Morgan fingerprint density at radius 1 is 1.06 bits per heavy atom. The zero-order valence-corrected chi connectivity index (χ0v) is 20.1. The van der Waals surface area contributed by atoms with Crippen molar-refractivity contribution in [3.8, 4) is 0 Å². The number of hydrogen-bond donors (Lipinski definition) is 2. The van der Waals surface area contributed by atoms with Crippen LogP contribution in [0.15, 0.2) is 66.1 Å². The second-order valence-electron chi connectivity index (χ2n) is 8.30. The smallest absolute Gasteiger partial charge is 0.251 e. The van der Waals surface area contributed by atoms with Crippen molar-refractivity contribution in [2.75, 3.05) is 50.7 Å². The van der Waals surface area contributed by atoms with Crippen LogP contribution in [-0.4, -0.2) is 65.0 Å². The summed E-state index contributed by atoms with van der Waals surface area (Å²) < 4.78 is 26.9. The predicted octanol–water partition coefficient (Wildman–Crippen LogP) is 2.79. The van der Waals surface area contributed by atoms with Crippen LogP contribution < -0.4 is 14.9 Å². The lowest BCUT2D eigenvalue weighted by atomic mass is 10.2. The molecule has 0 saturated carbocycles. The van der Waals surface area contributed by atoms with Gasteiger partial charge < -0.3 is 10.2 Å². The fourth-order valence-corrected chi connectivity index (χ4v) is 4.92. The van der Waals surface area contributed by atoms with Crippen molar-refractivity contribution in [1.29, 1.82) is 0 Å². The fraction of sp³-hybridized carbons (Fsp3) is 0.400. The third-order valence-electron chi connectivity index (χ3n) is 5.75. The molecule has 178 valence electrons. The van der Waals surface area contributed by atoms with Gasteiger partial charge in [-0.15, -0.1) is 6.58 Å². The Labute approximate surface area is 197 Å². The molecule has 2 N–H and O–H groups in total. The lowest BCUT2D eigenvalue weighted by Crippen LogP contribution is -2.46. The van der Waals surface area contributed by atoms with E-state index in [1.165, 1.54) is 29.5 Å². The molecule has 0 aliphatic carbocycles. The van der Waals surface area contributed by atoms with E-state index in [1.54, 1.807) is 12.1 Å². The normalized spacial score (nSPS) is 14.8. The minimum absolute atomic E-state index is 0.0711. The first kappa shape index (κ1) is 25.0. The molecule has 2 aromatic rings. The molecule has 1 fully saturated rings. The highest BCUT2D eigenvalue weighted by atomic mass is 32.2. The molecule has 0 unspecified atom stereocenters. The predicted molar refractivity (Wildman–Crippen MR) is 133 cm³/mol. The third kappa shape index (κ3) is 7.42. The quantitative estimate of drug-likeness (QED) is 0.390. The van der Waals surface area contributed by atoms with Crippen molar-refractivity contribution >= 4 is 21.6 Å². The molecule has 0 radical (unpaired) electrons. The van der Waals surface area contributed by atoms with Crippen LogP contribution in [0, 0.1) is 6.92 Å². The maximum atomic E-state index is 12.4. The van der Waals surface area contributed by atoms with Gasteiger partial charge in [0.2, 0.25) is 10.0 Å². The number of hydrogen-bond acceptors (Lipinski definition) is 5. The summed E-state index contributed by atoms with van der Waals surface area (Å²) in [6.45, 7) is 11.5. The molecule has 33 heavy (non-hydrogen) atoms. The van der Waals surface area contributed by atoms with Crippen molar-refractivity contribution in [1.82, 2.24) is 14.9 Å². The highest BCUT2D eigenvalue weighted by Gasteiger charge is 2.17. The summed E-state index contributed by atoms with van der Waals surface area (Å²) in [6, 6.07) is 14.7. The van der Waals surface area contributed by atoms with Crippen molar-refractivity contribution in [2.45, 2.75) is 24.7 Å². The number of unbranched alkanes of at least 4 members (excludes halogenated alkanes) is 1. The zero-order valence-electron chi connectivity index (χ0n) is 19.3. The molecule has 3 rings (SSSR count). The summed E-state index contributed by atoms with van der Waals surface area (Å²) >= 11 is 0. The minimum Gasteiger partial charge on any atom is -0.369 e. The lowest BCUT2D eigenvalue weighted by molar-refractivity contribution is 0.0952. The fourth-order valence-electron chi connectivity index (χ4n) is 3.88. The summed E-state index contributed by atoms with van der Waals surface area (Å²) in [6.07, 6.45) is 3.35. The standard InChI is InChI=1S/C25H34N4O3S/c1-3-12-27-33(31,32)24-11-7-9-22(20-24)25(30)26-13-4-5-14-28-15-17-29(18-16-28)23-10-6-8-21(2)19-23/h3,6-11,19-20,27H,1,4-5,12-18H2,2H3,(H,26,30). The number of rotatable bonds is 11. The number of sulfonamides is 1. The molecule has 0 atom stereocenters. The van der Waals surface area contributed by atoms with E-state index in [0.29, 0.717) is 12.1 Å². The maximum absolute atomic E-state index is 12.4. The SMILES string of the molecule is C=CCNS(=O)(=O)c1cccc(C(=O)NCCCCN2CCN(c3cccc(C)c3)CC2)c1. The summed E-state index contributed by atoms with van der Waals surface area (Å²) in [7, 11) is -3.65. The molecule has 1 amide bonds. The first-order valence-corrected chi connectivity index (χ1v) is 12.9. The third-order valence-corrected chi connectivity index (χ3v) is 7.17. The van der Waals surface area contributed by atoms with Crippen molar-refractivity contribution in [3.63, 3.8) is 0 Å². The summed E-state index contributed by atoms with van der Waals surface area (Å²) in [5.41, 5.74) is 2.92. The lowest BCUT2D eigenvalue weighted by Gasteiger charge is -2.36. The van der Waals surface area contributed by atoms with Crippen molar-refractivity contribution in [3.05, 3.63) is 72.3 Å². The highest BCUT2D eigenvalue weighted by molar-refractivity contribution is 7.89.